The van der Waals surface area contributed by atoms with E-state index < -0.39 is 10.0 Å². The van der Waals surface area contributed by atoms with E-state index in [-0.39, 0.29) is 22.9 Å². The molecule has 1 aliphatic rings. The molecule has 0 aliphatic carbocycles. The molecule has 2 N–H and O–H groups in total. The summed E-state index contributed by atoms with van der Waals surface area (Å²) in [5.41, 5.74) is 0.384. The second kappa shape index (κ2) is 7.63. The third kappa shape index (κ3) is 4.78. The van der Waals surface area contributed by atoms with E-state index in [9.17, 15) is 13.2 Å². The number of amides is 1. The quantitative estimate of drug-likeness (QED) is 0.788. The summed E-state index contributed by atoms with van der Waals surface area (Å²) in [4.78, 5) is 12.3. The molecule has 2 rings (SSSR count). The summed E-state index contributed by atoms with van der Waals surface area (Å²) < 4.78 is 26.6. The molecule has 1 saturated heterocycles. The van der Waals surface area contributed by atoms with Crippen molar-refractivity contribution in [3.8, 4) is 0 Å². The van der Waals surface area contributed by atoms with Gasteiger partial charge in [-0.15, -0.1) is 0 Å². The predicted molar refractivity (Wildman–Crippen MR) is 95.4 cm³/mol. The lowest BCUT2D eigenvalue weighted by atomic mass is 10.0. The molecule has 6 nitrogen and oxygen atoms in total. The fourth-order valence-corrected chi connectivity index (χ4v) is 4.03. The third-order valence-electron chi connectivity index (χ3n) is 4.43. The first kappa shape index (κ1) is 18.9. The molecule has 1 aromatic rings. The van der Waals surface area contributed by atoms with Crippen molar-refractivity contribution in [1.82, 2.24) is 9.62 Å². The van der Waals surface area contributed by atoms with Gasteiger partial charge in [-0.05, 0) is 51.3 Å². The van der Waals surface area contributed by atoms with Crippen molar-refractivity contribution < 1.29 is 13.2 Å². The predicted octanol–water partition coefficient (Wildman–Crippen LogP) is 2.19. The van der Waals surface area contributed by atoms with Gasteiger partial charge >= 0.3 is 0 Å². The Morgan fingerprint density at radius 3 is 2.54 bits per heavy atom. The Hall–Kier alpha value is -1.44. The summed E-state index contributed by atoms with van der Waals surface area (Å²) in [5, 5.41) is 5.94. The van der Waals surface area contributed by atoms with Gasteiger partial charge in [0.05, 0.1) is 11.4 Å². The number of nitrogens with one attached hydrogen (secondary N) is 2. The lowest BCUT2D eigenvalue weighted by Crippen LogP contribution is -2.43. The van der Waals surface area contributed by atoms with Crippen LogP contribution in [0.25, 0.3) is 0 Å². The van der Waals surface area contributed by atoms with E-state index in [0.29, 0.717) is 18.8 Å². The minimum atomic E-state index is -3.47. The van der Waals surface area contributed by atoms with Gasteiger partial charge in [0, 0.05) is 24.3 Å². The van der Waals surface area contributed by atoms with Crippen LogP contribution < -0.4 is 10.6 Å². The highest BCUT2D eigenvalue weighted by Gasteiger charge is 2.27. The number of nitrogens with zero attached hydrogens (tertiary/aromatic N) is 1. The third-order valence-corrected chi connectivity index (χ3v) is 6.33. The Balaban J connectivity index is 2.04. The zero-order valence-corrected chi connectivity index (χ0v) is 15.4. The van der Waals surface area contributed by atoms with Gasteiger partial charge in [-0.25, -0.2) is 8.42 Å². The molecule has 1 fully saturated rings. The van der Waals surface area contributed by atoms with Gasteiger partial charge in [0.25, 0.3) is 0 Å². The minimum Gasteiger partial charge on any atom is -0.325 e. The molecule has 0 saturated carbocycles. The number of benzene rings is 1. The maximum atomic E-state index is 12.6. The average Bonchev–Trinajstić information content (AvgIpc) is 3.09. The fraction of sp³-hybridized carbons (Fsp3) is 0.588. The molecular weight excluding hydrogens is 326 g/mol. The zero-order chi connectivity index (χ0) is 17.8. The van der Waals surface area contributed by atoms with Crippen molar-refractivity contribution in [2.24, 2.45) is 0 Å². The molecular formula is C17H27N3O3S. The molecule has 0 bridgehead atoms. The van der Waals surface area contributed by atoms with Crippen LogP contribution in [0.2, 0.25) is 0 Å². The maximum absolute atomic E-state index is 12.6. The zero-order valence-electron chi connectivity index (χ0n) is 14.6. The van der Waals surface area contributed by atoms with E-state index in [1.54, 1.807) is 18.2 Å². The van der Waals surface area contributed by atoms with Crippen molar-refractivity contribution in [1.29, 1.82) is 0 Å². The summed E-state index contributed by atoms with van der Waals surface area (Å²) >= 11 is 0. The van der Waals surface area contributed by atoms with E-state index in [0.717, 1.165) is 19.3 Å². The number of carbonyl (C=O) groups excluding carboxylic acids is 1. The molecule has 0 atom stereocenters. The highest BCUT2D eigenvalue weighted by atomic mass is 32.2. The van der Waals surface area contributed by atoms with Gasteiger partial charge in [0.1, 0.15) is 0 Å². The van der Waals surface area contributed by atoms with Crippen molar-refractivity contribution in [3.05, 3.63) is 24.3 Å². The van der Waals surface area contributed by atoms with Gasteiger partial charge in [0.15, 0.2) is 0 Å². The van der Waals surface area contributed by atoms with Crippen molar-refractivity contribution in [2.45, 2.75) is 50.5 Å². The molecule has 24 heavy (non-hydrogen) atoms. The minimum absolute atomic E-state index is 0.113. The Labute approximate surface area is 144 Å². The molecule has 1 heterocycles. The average molecular weight is 353 g/mol. The van der Waals surface area contributed by atoms with Crippen LogP contribution in [0.5, 0.6) is 0 Å². The van der Waals surface area contributed by atoms with Crippen LogP contribution in [0.4, 0.5) is 5.69 Å². The highest BCUT2D eigenvalue weighted by Crippen LogP contribution is 2.23. The lowest BCUT2D eigenvalue weighted by molar-refractivity contribution is -0.115. The number of hydrogen-bond donors (Lipinski definition) is 2. The maximum Gasteiger partial charge on any atom is 0.243 e. The van der Waals surface area contributed by atoms with Crippen molar-refractivity contribution in [3.63, 3.8) is 0 Å². The molecule has 7 heteroatoms. The van der Waals surface area contributed by atoms with Gasteiger partial charge in [0.2, 0.25) is 15.9 Å². The summed E-state index contributed by atoms with van der Waals surface area (Å²) in [6.07, 6.45) is 2.70. The molecule has 0 spiro atoms. The Morgan fingerprint density at radius 2 is 1.92 bits per heavy atom. The Kier molecular flexibility index (Phi) is 6.01. The highest BCUT2D eigenvalue weighted by molar-refractivity contribution is 7.89. The first-order chi connectivity index (χ1) is 11.2. The van der Waals surface area contributed by atoms with Crippen molar-refractivity contribution >= 4 is 21.6 Å². The van der Waals surface area contributed by atoms with E-state index >= 15 is 0 Å². The van der Waals surface area contributed by atoms with Gasteiger partial charge < -0.3 is 10.6 Å². The van der Waals surface area contributed by atoms with Crippen LogP contribution in [-0.4, -0.2) is 43.8 Å². The van der Waals surface area contributed by atoms with E-state index in [1.165, 1.54) is 10.4 Å². The molecule has 0 radical (unpaired) electrons. The number of carbonyl (C=O) groups is 1. The van der Waals surface area contributed by atoms with Crippen LogP contribution >= 0.6 is 0 Å². The molecule has 134 valence electrons. The monoisotopic (exact) mass is 353 g/mol. The summed E-state index contributed by atoms with van der Waals surface area (Å²) in [5.74, 6) is -0.188. The van der Waals surface area contributed by atoms with Gasteiger partial charge in [-0.3, -0.25) is 4.79 Å². The molecule has 1 aromatic carbocycles. The molecule has 0 aromatic heterocycles. The topological polar surface area (TPSA) is 78.5 Å². The van der Waals surface area contributed by atoms with Gasteiger partial charge in [-0.2, -0.15) is 4.31 Å². The first-order valence-electron chi connectivity index (χ1n) is 8.40. The molecule has 1 aliphatic heterocycles. The number of hydrogen-bond acceptors (Lipinski definition) is 4. The van der Waals surface area contributed by atoms with E-state index in [1.807, 2.05) is 13.8 Å². The Bertz CT molecular complexity index is 680. The van der Waals surface area contributed by atoms with E-state index in [4.69, 9.17) is 0 Å². The second-order valence-electron chi connectivity index (χ2n) is 6.78. The van der Waals surface area contributed by atoms with Crippen LogP contribution in [0.1, 0.15) is 40.0 Å². The van der Waals surface area contributed by atoms with Crippen LogP contribution in [-0.2, 0) is 14.8 Å². The van der Waals surface area contributed by atoms with Crippen LogP contribution in [0, 0.1) is 0 Å². The normalized spacial score (nSPS) is 16.3. The van der Waals surface area contributed by atoms with Crippen LogP contribution in [0.3, 0.4) is 0 Å². The number of anilines is 1. The van der Waals surface area contributed by atoms with Crippen LogP contribution in [0.15, 0.2) is 29.2 Å². The van der Waals surface area contributed by atoms with Gasteiger partial charge in [-0.1, -0.05) is 13.0 Å². The SMILES string of the molecule is CCC(C)(C)NCC(=O)Nc1cccc(S(=O)(=O)N2CCCC2)c1. The number of sulfonamides is 1. The number of rotatable bonds is 7. The smallest absolute Gasteiger partial charge is 0.243 e. The standard InChI is InChI=1S/C17H27N3O3S/c1-4-17(2,3)18-13-16(21)19-14-8-7-9-15(12-14)24(22,23)20-10-5-6-11-20/h7-9,12,18H,4-6,10-11,13H2,1-3H3,(H,19,21). The molecule has 0 unspecified atom stereocenters. The van der Waals surface area contributed by atoms with Crippen molar-refractivity contribution in [2.75, 3.05) is 25.0 Å². The fourth-order valence-electron chi connectivity index (χ4n) is 2.46. The first-order valence-corrected chi connectivity index (χ1v) is 9.84. The Morgan fingerprint density at radius 1 is 1.25 bits per heavy atom. The van der Waals surface area contributed by atoms with E-state index in [2.05, 4.69) is 17.6 Å². The second-order valence-corrected chi connectivity index (χ2v) is 8.72. The largest absolute Gasteiger partial charge is 0.325 e. The summed E-state index contributed by atoms with van der Waals surface area (Å²) in [6, 6.07) is 6.45. The lowest BCUT2D eigenvalue weighted by Gasteiger charge is -2.24. The summed E-state index contributed by atoms with van der Waals surface area (Å²) in [7, 11) is -3.47. The summed E-state index contributed by atoms with van der Waals surface area (Å²) in [6.45, 7) is 7.43. The molecule has 1 amide bonds.